The van der Waals surface area contributed by atoms with E-state index in [4.69, 9.17) is 4.74 Å². The van der Waals surface area contributed by atoms with E-state index in [2.05, 4.69) is 20.5 Å². The summed E-state index contributed by atoms with van der Waals surface area (Å²) in [6.07, 6.45) is 1.37. The fourth-order valence-corrected chi connectivity index (χ4v) is 2.71. The van der Waals surface area contributed by atoms with Gasteiger partial charge in [0.1, 0.15) is 6.10 Å². The zero-order valence-corrected chi connectivity index (χ0v) is 13.5. The second-order valence-electron chi connectivity index (χ2n) is 4.97. The molecule has 1 atom stereocenters. The van der Waals surface area contributed by atoms with Crippen LogP contribution >= 0.6 is 11.8 Å². The summed E-state index contributed by atoms with van der Waals surface area (Å²) < 4.78 is 6.95. The second-order valence-corrected chi connectivity index (χ2v) is 5.91. The molecule has 7 nitrogen and oxygen atoms in total. The molecule has 3 aromatic rings. The number of ether oxygens (including phenoxy) is 1. The van der Waals surface area contributed by atoms with Crippen molar-refractivity contribution in [3.8, 4) is 0 Å². The number of esters is 1. The third-order valence-corrected chi connectivity index (χ3v) is 4.27. The summed E-state index contributed by atoms with van der Waals surface area (Å²) in [4.78, 5) is 16.3. The number of carbonyl (C=O) groups excluding carboxylic acids is 1. The highest BCUT2D eigenvalue weighted by atomic mass is 32.2. The average molecular weight is 329 g/mol. The quantitative estimate of drug-likeness (QED) is 0.524. The van der Waals surface area contributed by atoms with Crippen LogP contribution in [-0.2, 0) is 16.6 Å². The van der Waals surface area contributed by atoms with Crippen LogP contribution in [0.15, 0.2) is 41.7 Å². The fraction of sp³-hybridized carbons (Fsp3) is 0.267. The molecule has 0 N–H and O–H groups in total. The largest absolute Gasteiger partial charge is 0.457 e. The van der Waals surface area contributed by atoms with Gasteiger partial charge < -0.3 is 4.74 Å². The van der Waals surface area contributed by atoms with E-state index in [0.717, 1.165) is 16.5 Å². The van der Waals surface area contributed by atoms with Crippen LogP contribution in [0, 0.1) is 0 Å². The Balaban J connectivity index is 1.62. The summed E-state index contributed by atoms with van der Waals surface area (Å²) in [6.45, 7) is 1.83. The Bertz CT molecular complexity index is 835. The van der Waals surface area contributed by atoms with Gasteiger partial charge in [-0.05, 0) is 29.5 Å². The number of nitrogens with zero attached hydrogens (tertiary/aromatic N) is 5. The number of hydrogen-bond donors (Lipinski definition) is 0. The van der Waals surface area contributed by atoms with Crippen LogP contribution in [0.2, 0.25) is 0 Å². The molecule has 2 aromatic heterocycles. The van der Waals surface area contributed by atoms with E-state index in [-0.39, 0.29) is 17.8 Å². The van der Waals surface area contributed by atoms with Gasteiger partial charge in [-0.2, -0.15) is 0 Å². The molecule has 1 aromatic carbocycles. The van der Waals surface area contributed by atoms with Gasteiger partial charge in [-0.15, -0.1) is 5.10 Å². The second kappa shape index (κ2) is 6.74. The third kappa shape index (κ3) is 3.65. The van der Waals surface area contributed by atoms with Gasteiger partial charge in [0.25, 0.3) is 0 Å². The van der Waals surface area contributed by atoms with E-state index >= 15 is 0 Å². The Morgan fingerprint density at radius 3 is 3.00 bits per heavy atom. The van der Waals surface area contributed by atoms with Crippen molar-refractivity contribution >= 4 is 28.6 Å². The molecule has 0 amide bonds. The highest BCUT2D eigenvalue weighted by Crippen LogP contribution is 2.22. The third-order valence-electron chi connectivity index (χ3n) is 3.29. The lowest BCUT2D eigenvalue weighted by Crippen LogP contribution is -2.11. The van der Waals surface area contributed by atoms with Gasteiger partial charge in [-0.25, -0.2) is 4.68 Å². The standard InChI is InChI=1S/C15H15N5O2S/c1-10(12-7-11-5-3-4-6-13(11)16-8-12)22-14(21)9-23-15-17-18-19-20(15)2/h3-8,10H,9H2,1-2H3. The molecule has 0 spiro atoms. The van der Waals surface area contributed by atoms with Gasteiger partial charge in [0.15, 0.2) is 0 Å². The number of rotatable bonds is 5. The highest BCUT2D eigenvalue weighted by Gasteiger charge is 2.14. The first-order valence-electron chi connectivity index (χ1n) is 7.03. The van der Waals surface area contributed by atoms with E-state index < -0.39 is 0 Å². The first kappa shape index (κ1) is 15.4. The number of pyridine rings is 1. The van der Waals surface area contributed by atoms with Gasteiger partial charge in [-0.1, -0.05) is 30.0 Å². The van der Waals surface area contributed by atoms with Crippen molar-refractivity contribution in [1.82, 2.24) is 25.2 Å². The Hall–Kier alpha value is -2.48. The highest BCUT2D eigenvalue weighted by molar-refractivity contribution is 7.99. The predicted octanol–water partition coefficient (Wildman–Crippen LogP) is 2.15. The molecule has 0 bridgehead atoms. The monoisotopic (exact) mass is 329 g/mol. The summed E-state index contributed by atoms with van der Waals surface area (Å²) in [5, 5.41) is 12.6. The summed E-state index contributed by atoms with van der Waals surface area (Å²) >= 11 is 1.24. The smallest absolute Gasteiger partial charge is 0.316 e. The maximum Gasteiger partial charge on any atom is 0.316 e. The number of carbonyl (C=O) groups is 1. The van der Waals surface area contributed by atoms with E-state index in [1.807, 2.05) is 37.3 Å². The molecule has 3 rings (SSSR count). The minimum Gasteiger partial charge on any atom is -0.457 e. The van der Waals surface area contributed by atoms with Gasteiger partial charge in [0, 0.05) is 24.2 Å². The number of fused-ring (bicyclic) bond motifs is 1. The fourth-order valence-electron chi connectivity index (χ4n) is 2.08. The number of aromatic nitrogens is 5. The van der Waals surface area contributed by atoms with Gasteiger partial charge in [0.2, 0.25) is 5.16 Å². The molecule has 0 radical (unpaired) electrons. The van der Waals surface area contributed by atoms with Crippen LogP contribution in [0.5, 0.6) is 0 Å². The van der Waals surface area contributed by atoms with Gasteiger partial charge >= 0.3 is 5.97 Å². The molecule has 1 unspecified atom stereocenters. The van der Waals surface area contributed by atoms with Crippen molar-refractivity contribution in [1.29, 1.82) is 0 Å². The number of benzene rings is 1. The van der Waals surface area contributed by atoms with E-state index in [1.54, 1.807) is 13.2 Å². The summed E-state index contributed by atoms with van der Waals surface area (Å²) in [6, 6.07) is 9.81. The van der Waals surface area contributed by atoms with Crippen molar-refractivity contribution in [2.24, 2.45) is 7.05 Å². The van der Waals surface area contributed by atoms with E-state index in [1.165, 1.54) is 16.4 Å². The van der Waals surface area contributed by atoms with Crippen LogP contribution in [-0.4, -0.2) is 36.9 Å². The summed E-state index contributed by atoms with van der Waals surface area (Å²) in [5.74, 6) is -0.168. The van der Waals surface area contributed by atoms with Crippen LogP contribution in [0.1, 0.15) is 18.6 Å². The van der Waals surface area contributed by atoms with Crippen LogP contribution in [0.3, 0.4) is 0 Å². The predicted molar refractivity (Wildman–Crippen MR) is 85.8 cm³/mol. The minimum atomic E-state index is -0.363. The number of para-hydroxylation sites is 1. The Morgan fingerprint density at radius 2 is 2.22 bits per heavy atom. The molecule has 0 aliphatic heterocycles. The zero-order valence-electron chi connectivity index (χ0n) is 12.7. The number of hydrogen-bond acceptors (Lipinski definition) is 7. The Kier molecular flexibility index (Phi) is 4.52. The number of tetrazole rings is 1. The molecule has 2 heterocycles. The lowest BCUT2D eigenvalue weighted by molar-refractivity contribution is -0.145. The van der Waals surface area contributed by atoms with Crippen molar-refractivity contribution in [2.45, 2.75) is 18.2 Å². The Morgan fingerprint density at radius 1 is 1.39 bits per heavy atom. The first-order valence-corrected chi connectivity index (χ1v) is 8.01. The average Bonchev–Trinajstić information content (AvgIpc) is 2.97. The topological polar surface area (TPSA) is 82.8 Å². The summed E-state index contributed by atoms with van der Waals surface area (Å²) in [7, 11) is 1.72. The van der Waals surface area contributed by atoms with Crippen molar-refractivity contribution in [2.75, 3.05) is 5.75 Å². The Labute approximate surface area is 137 Å². The molecule has 0 fully saturated rings. The van der Waals surface area contributed by atoms with Crippen molar-refractivity contribution in [3.05, 3.63) is 42.1 Å². The van der Waals surface area contributed by atoms with Crippen LogP contribution in [0.4, 0.5) is 0 Å². The first-order chi connectivity index (χ1) is 11.1. The number of aryl methyl sites for hydroxylation is 1. The minimum absolute atomic E-state index is 0.152. The van der Waals surface area contributed by atoms with E-state index in [9.17, 15) is 4.79 Å². The van der Waals surface area contributed by atoms with Crippen molar-refractivity contribution < 1.29 is 9.53 Å². The van der Waals surface area contributed by atoms with Crippen LogP contribution < -0.4 is 0 Å². The molecule has 0 aliphatic carbocycles. The molecule has 0 aliphatic rings. The van der Waals surface area contributed by atoms with E-state index in [0.29, 0.717) is 5.16 Å². The van der Waals surface area contributed by atoms with Gasteiger partial charge in [0.05, 0.1) is 11.3 Å². The molecule has 23 heavy (non-hydrogen) atoms. The maximum atomic E-state index is 12.0. The lowest BCUT2D eigenvalue weighted by Gasteiger charge is -2.13. The molecule has 0 saturated carbocycles. The molecule has 8 heteroatoms. The molecule has 118 valence electrons. The number of thioether (sulfide) groups is 1. The van der Waals surface area contributed by atoms with Crippen LogP contribution in [0.25, 0.3) is 10.9 Å². The molecular formula is C15H15N5O2S. The molecular weight excluding hydrogens is 314 g/mol. The summed E-state index contributed by atoms with van der Waals surface area (Å²) in [5.41, 5.74) is 1.78. The van der Waals surface area contributed by atoms with Crippen molar-refractivity contribution in [3.63, 3.8) is 0 Å². The zero-order chi connectivity index (χ0) is 16.2. The SMILES string of the molecule is CC(OC(=O)CSc1nnnn1C)c1cnc2ccccc2c1. The normalized spacial score (nSPS) is 12.3. The van der Waals surface area contributed by atoms with Gasteiger partial charge in [-0.3, -0.25) is 9.78 Å². The maximum absolute atomic E-state index is 12.0. The molecule has 0 saturated heterocycles. The lowest BCUT2D eigenvalue weighted by atomic mass is 10.1.